The minimum atomic E-state index is -0.657. The molecule has 1 rings (SSSR count). The van der Waals surface area contributed by atoms with Gasteiger partial charge in [0.25, 0.3) is 0 Å². The molecule has 1 aliphatic rings. The van der Waals surface area contributed by atoms with E-state index in [4.69, 9.17) is 5.73 Å². The zero-order valence-electron chi connectivity index (χ0n) is 4.29. The average molecular weight is 133 g/mol. The summed E-state index contributed by atoms with van der Waals surface area (Å²) in [4.78, 5) is 9.99. The monoisotopic (exact) mass is 133 g/mol. The van der Waals surface area contributed by atoms with E-state index in [2.05, 4.69) is 4.74 Å². The van der Waals surface area contributed by atoms with Gasteiger partial charge in [0.05, 0.1) is 0 Å². The van der Waals surface area contributed by atoms with Crippen LogP contribution >= 0.6 is 11.8 Å². The molecule has 0 spiro atoms. The molecule has 2 N–H and O–H groups in total. The fourth-order valence-corrected chi connectivity index (χ4v) is 1.01. The van der Waals surface area contributed by atoms with Crippen LogP contribution in [0, 0.1) is 0 Å². The number of hydrogen-bond acceptors (Lipinski definition) is 3. The first-order valence-corrected chi connectivity index (χ1v) is 3.48. The normalized spacial score (nSPS) is 19.5. The predicted molar refractivity (Wildman–Crippen MR) is 31.8 cm³/mol. The second-order valence-corrected chi connectivity index (χ2v) is 2.67. The molecule has 46 valence electrons. The highest BCUT2D eigenvalue weighted by Gasteiger charge is 2.20. The van der Waals surface area contributed by atoms with Gasteiger partial charge in [-0.05, 0) is 0 Å². The number of carbonyl (C=O) groups excluding carboxylic acids is 1. The van der Waals surface area contributed by atoms with E-state index in [1.165, 1.54) is 0 Å². The molecule has 3 nitrogen and oxygen atoms in total. The van der Waals surface area contributed by atoms with E-state index in [-0.39, 0.29) is 6.10 Å². The molecule has 0 unspecified atom stereocenters. The van der Waals surface area contributed by atoms with Gasteiger partial charge in [-0.1, -0.05) is 0 Å². The first-order chi connectivity index (χ1) is 3.79. The molecule has 0 saturated carbocycles. The van der Waals surface area contributed by atoms with Crippen LogP contribution in [0.25, 0.3) is 0 Å². The van der Waals surface area contributed by atoms with Crippen molar-refractivity contribution in [3.63, 3.8) is 0 Å². The van der Waals surface area contributed by atoms with Crippen LogP contribution in [0.3, 0.4) is 0 Å². The lowest BCUT2D eigenvalue weighted by molar-refractivity contribution is 0.124. The van der Waals surface area contributed by atoms with Crippen molar-refractivity contribution in [3.8, 4) is 0 Å². The molecule has 8 heavy (non-hydrogen) atoms. The zero-order chi connectivity index (χ0) is 5.98. The molecule has 1 saturated heterocycles. The van der Waals surface area contributed by atoms with E-state index in [0.717, 1.165) is 11.5 Å². The first-order valence-electron chi connectivity index (χ1n) is 2.33. The summed E-state index contributed by atoms with van der Waals surface area (Å²) >= 11 is 1.75. The standard InChI is InChI=1S/C4H7NO2S/c5-4(6)7-3-1-8-2-3/h3H,1-2H2,(H2,5,6). The van der Waals surface area contributed by atoms with Crippen molar-refractivity contribution in [2.24, 2.45) is 5.73 Å². The third kappa shape index (κ3) is 1.30. The zero-order valence-corrected chi connectivity index (χ0v) is 5.11. The van der Waals surface area contributed by atoms with Gasteiger partial charge in [-0.2, -0.15) is 11.8 Å². The van der Waals surface area contributed by atoms with Gasteiger partial charge in [-0.3, -0.25) is 0 Å². The van der Waals surface area contributed by atoms with Crippen molar-refractivity contribution in [3.05, 3.63) is 0 Å². The Kier molecular flexibility index (Phi) is 1.62. The van der Waals surface area contributed by atoms with Crippen molar-refractivity contribution < 1.29 is 9.53 Å². The summed E-state index contributed by atoms with van der Waals surface area (Å²) in [7, 11) is 0. The third-order valence-electron chi connectivity index (χ3n) is 0.890. The molecule has 0 aromatic carbocycles. The number of primary amides is 1. The van der Waals surface area contributed by atoms with Gasteiger partial charge < -0.3 is 10.5 Å². The summed E-state index contributed by atoms with van der Waals surface area (Å²) in [6.07, 6.45) is -0.562. The fraction of sp³-hybridized carbons (Fsp3) is 0.750. The Morgan fingerprint density at radius 3 is 2.50 bits per heavy atom. The van der Waals surface area contributed by atoms with Gasteiger partial charge in [0.1, 0.15) is 6.10 Å². The Morgan fingerprint density at radius 2 is 2.38 bits per heavy atom. The quantitative estimate of drug-likeness (QED) is 0.555. The maximum absolute atomic E-state index is 9.99. The van der Waals surface area contributed by atoms with E-state index < -0.39 is 6.09 Å². The van der Waals surface area contributed by atoms with E-state index in [9.17, 15) is 4.79 Å². The molecule has 0 aromatic heterocycles. The maximum Gasteiger partial charge on any atom is 0.404 e. The summed E-state index contributed by atoms with van der Waals surface area (Å²) in [6, 6.07) is 0. The van der Waals surface area contributed by atoms with Gasteiger partial charge in [-0.25, -0.2) is 4.79 Å². The smallest absolute Gasteiger partial charge is 0.404 e. The number of thioether (sulfide) groups is 1. The van der Waals surface area contributed by atoms with Crippen LogP contribution in [0.15, 0.2) is 0 Å². The number of amides is 1. The van der Waals surface area contributed by atoms with Crippen LogP contribution in [0.5, 0.6) is 0 Å². The Morgan fingerprint density at radius 1 is 1.75 bits per heavy atom. The molecular weight excluding hydrogens is 126 g/mol. The van der Waals surface area contributed by atoms with Crippen LogP contribution in [-0.4, -0.2) is 23.7 Å². The lowest BCUT2D eigenvalue weighted by atomic mass is 10.4. The summed E-state index contributed by atoms with van der Waals surface area (Å²) < 4.78 is 4.60. The molecule has 1 fully saturated rings. The number of rotatable bonds is 1. The van der Waals surface area contributed by atoms with Crippen LogP contribution in [0.4, 0.5) is 4.79 Å². The molecule has 4 heteroatoms. The molecule has 1 aliphatic heterocycles. The van der Waals surface area contributed by atoms with Gasteiger partial charge in [-0.15, -0.1) is 0 Å². The highest BCUT2D eigenvalue weighted by atomic mass is 32.2. The Hall–Kier alpha value is -0.380. The second kappa shape index (κ2) is 2.26. The van der Waals surface area contributed by atoms with Crippen LogP contribution in [-0.2, 0) is 4.74 Å². The van der Waals surface area contributed by atoms with E-state index in [1.807, 2.05) is 0 Å². The van der Waals surface area contributed by atoms with Crippen molar-refractivity contribution in [2.75, 3.05) is 11.5 Å². The number of hydrogen-bond donors (Lipinski definition) is 1. The lowest BCUT2D eigenvalue weighted by Gasteiger charge is -2.23. The molecule has 0 atom stereocenters. The van der Waals surface area contributed by atoms with Gasteiger partial charge in [0.15, 0.2) is 0 Å². The summed E-state index contributed by atoms with van der Waals surface area (Å²) in [5.41, 5.74) is 4.73. The number of nitrogens with two attached hydrogens (primary N) is 1. The minimum absolute atomic E-state index is 0.0949. The minimum Gasteiger partial charge on any atom is -0.445 e. The van der Waals surface area contributed by atoms with E-state index in [1.54, 1.807) is 11.8 Å². The van der Waals surface area contributed by atoms with Crippen molar-refractivity contribution in [1.82, 2.24) is 0 Å². The van der Waals surface area contributed by atoms with E-state index >= 15 is 0 Å². The van der Waals surface area contributed by atoms with Crippen LogP contribution in [0.1, 0.15) is 0 Å². The summed E-state index contributed by atoms with van der Waals surface area (Å²) in [6.45, 7) is 0. The average Bonchev–Trinajstić information content (AvgIpc) is 1.55. The van der Waals surface area contributed by atoms with Crippen molar-refractivity contribution in [2.45, 2.75) is 6.10 Å². The largest absolute Gasteiger partial charge is 0.445 e. The first kappa shape index (κ1) is 5.75. The Labute approximate surface area is 51.6 Å². The Balaban J connectivity index is 2.09. The van der Waals surface area contributed by atoms with Gasteiger partial charge in [0, 0.05) is 11.5 Å². The van der Waals surface area contributed by atoms with Crippen LogP contribution < -0.4 is 5.73 Å². The molecule has 0 aliphatic carbocycles. The summed E-state index contributed by atoms with van der Waals surface area (Å²) in [5, 5.41) is 0. The fourth-order valence-electron chi connectivity index (χ4n) is 0.446. The van der Waals surface area contributed by atoms with Crippen LogP contribution in [0.2, 0.25) is 0 Å². The maximum atomic E-state index is 9.99. The third-order valence-corrected chi connectivity index (χ3v) is 2.11. The van der Waals surface area contributed by atoms with E-state index in [0.29, 0.717) is 0 Å². The molecular formula is C4H7NO2S. The summed E-state index contributed by atoms with van der Waals surface area (Å²) in [5.74, 6) is 1.81. The lowest BCUT2D eigenvalue weighted by Crippen LogP contribution is -2.32. The Bertz CT molecular complexity index is 102. The SMILES string of the molecule is NC(=O)OC1CSC1. The van der Waals surface area contributed by atoms with Gasteiger partial charge in [0.2, 0.25) is 0 Å². The number of carbonyl (C=O) groups is 1. The predicted octanol–water partition coefficient (Wildman–Crippen LogP) is 0.197. The highest BCUT2D eigenvalue weighted by molar-refractivity contribution is 8.00. The second-order valence-electron chi connectivity index (χ2n) is 1.60. The molecule has 1 heterocycles. The van der Waals surface area contributed by atoms with Crippen molar-refractivity contribution >= 4 is 17.9 Å². The molecule has 0 radical (unpaired) electrons. The molecule has 1 amide bonds. The topological polar surface area (TPSA) is 52.3 Å². The molecule has 0 bridgehead atoms. The van der Waals surface area contributed by atoms with Gasteiger partial charge >= 0.3 is 6.09 Å². The number of ether oxygens (including phenoxy) is 1. The molecule has 0 aromatic rings. The van der Waals surface area contributed by atoms with Crippen molar-refractivity contribution in [1.29, 1.82) is 0 Å². The highest BCUT2D eigenvalue weighted by Crippen LogP contribution is 2.19.